The minimum Gasteiger partial charge on any atom is -0.385 e. The van der Waals surface area contributed by atoms with Crippen LogP contribution in [0.25, 0.3) is 0 Å². The van der Waals surface area contributed by atoms with Gasteiger partial charge in [0.05, 0.1) is 5.60 Å². The van der Waals surface area contributed by atoms with Crippen molar-refractivity contribution >= 4 is 0 Å². The lowest BCUT2D eigenvalue weighted by Crippen LogP contribution is -2.26. The van der Waals surface area contributed by atoms with Crippen LogP contribution in [0.2, 0.25) is 0 Å². The zero-order chi connectivity index (χ0) is 10.8. The first-order valence-corrected chi connectivity index (χ1v) is 4.66. The van der Waals surface area contributed by atoms with E-state index in [0.29, 0.717) is 18.5 Å². The van der Waals surface area contributed by atoms with Crippen LogP contribution in [-0.2, 0) is 5.60 Å². The van der Waals surface area contributed by atoms with Gasteiger partial charge in [-0.2, -0.15) is 0 Å². The van der Waals surface area contributed by atoms with Gasteiger partial charge in [-0.25, -0.2) is 4.39 Å². The van der Waals surface area contributed by atoms with E-state index in [9.17, 15) is 9.50 Å². The van der Waals surface area contributed by atoms with Crippen molar-refractivity contribution in [2.75, 3.05) is 6.54 Å². The molecule has 0 bridgehead atoms. The van der Waals surface area contributed by atoms with Gasteiger partial charge in [-0.3, -0.25) is 0 Å². The van der Waals surface area contributed by atoms with Crippen LogP contribution in [0.1, 0.15) is 24.5 Å². The van der Waals surface area contributed by atoms with Gasteiger partial charge in [0.15, 0.2) is 0 Å². The summed E-state index contributed by atoms with van der Waals surface area (Å²) in [6.45, 7) is 3.88. The van der Waals surface area contributed by atoms with E-state index in [4.69, 9.17) is 5.73 Å². The van der Waals surface area contributed by atoms with Crippen LogP contribution in [0, 0.1) is 12.7 Å². The molecule has 2 nitrogen and oxygen atoms in total. The van der Waals surface area contributed by atoms with Gasteiger partial charge in [-0.1, -0.05) is 6.07 Å². The summed E-state index contributed by atoms with van der Waals surface area (Å²) in [5.74, 6) is -0.331. The second-order valence-electron chi connectivity index (χ2n) is 3.77. The number of hydrogen-bond acceptors (Lipinski definition) is 2. The van der Waals surface area contributed by atoms with Crippen LogP contribution in [0.3, 0.4) is 0 Å². The van der Waals surface area contributed by atoms with Crippen LogP contribution >= 0.6 is 0 Å². The maximum Gasteiger partial charge on any atom is 0.123 e. The van der Waals surface area contributed by atoms with Crippen molar-refractivity contribution in [1.29, 1.82) is 0 Å². The third-order valence-corrected chi connectivity index (χ3v) is 2.41. The Morgan fingerprint density at radius 2 is 2.14 bits per heavy atom. The first-order valence-electron chi connectivity index (χ1n) is 4.66. The van der Waals surface area contributed by atoms with E-state index in [2.05, 4.69) is 0 Å². The van der Waals surface area contributed by atoms with Gasteiger partial charge in [0, 0.05) is 0 Å². The minimum absolute atomic E-state index is 0.331. The van der Waals surface area contributed by atoms with Gasteiger partial charge in [0.25, 0.3) is 0 Å². The van der Waals surface area contributed by atoms with E-state index >= 15 is 0 Å². The van der Waals surface area contributed by atoms with Gasteiger partial charge < -0.3 is 10.8 Å². The van der Waals surface area contributed by atoms with Crippen molar-refractivity contribution < 1.29 is 9.50 Å². The van der Waals surface area contributed by atoms with Gasteiger partial charge in [-0.05, 0) is 50.1 Å². The SMILES string of the molecule is Cc1ccc(F)cc1C(C)(O)CCN. The third kappa shape index (κ3) is 2.30. The van der Waals surface area contributed by atoms with Gasteiger partial charge in [-0.15, -0.1) is 0 Å². The van der Waals surface area contributed by atoms with Gasteiger partial charge >= 0.3 is 0 Å². The Morgan fingerprint density at radius 1 is 1.50 bits per heavy atom. The predicted octanol–water partition coefficient (Wildman–Crippen LogP) is 1.69. The molecule has 0 amide bonds. The second kappa shape index (κ2) is 4.07. The monoisotopic (exact) mass is 197 g/mol. The van der Waals surface area contributed by atoms with Crippen LogP contribution in [0.5, 0.6) is 0 Å². The highest BCUT2D eigenvalue weighted by atomic mass is 19.1. The molecule has 78 valence electrons. The van der Waals surface area contributed by atoms with Gasteiger partial charge in [0.2, 0.25) is 0 Å². The molecule has 14 heavy (non-hydrogen) atoms. The van der Waals surface area contributed by atoms with Crippen molar-refractivity contribution in [2.45, 2.75) is 25.9 Å². The van der Waals surface area contributed by atoms with Crippen LogP contribution in [-0.4, -0.2) is 11.7 Å². The number of aliphatic hydroxyl groups is 1. The summed E-state index contributed by atoms with van der Waals surface area (Å²) in [5.41, 5.74) is 5.84. The highest BCUT2D eigenvalue weighted by Crippen LogP contribution is 2.27. The Bertz CT molecular complexity index is 323. The van der Waals surface area contributed by atoms with Crippen molar-refractivity contribution in [2.24, 2.45) is 5.73 Å². The normalized spacial score (nSPS) is 15.2. The minimum atomic E-state index is -1.04. The molecule has 3 N–H and O–H groups in total. The van der Waals surface area contributed by atoms with Crippen LogP contribution in [0.4, 0.5) is 4.39 Å². The average Bonchev–Trinajstić information content (AvgIpc) is 2.09. The summed E-state index contributed by atoms with van der Waals surface area (Å²) in [4.78, 5) is 0. The molecule has 1 aromatic rings. The fraction of sp³-hybridized carbons (Fsp3) is 0.455. The largest absolute Gasteiger partial charge is 0.385 e. The summed E-state index contributed by atoms with van der Waals surface area (Å²) in [5, 5.41) is 10.0. The number of benzene rings is 1. The molecule has 0 saturated carbocycles. The Labute approximate surface area is 83.6 Å². The van der Waals surface area contributed by atoms with E-state index in [1.807, 2.05) is 6.92 Å². The van der Waals surface area contributed by atoms with Crippen molar-refractivity contribution in [3.8, 4) is 0 Å². The summed E-state index contributed by atoms with van der Waals surface area (Å²) >= 11 is 0. The molecular formula is C11H16FNO. The Balaban J connectivity index is 3.10. The summed E-state index contributed by atoms with van der Waals surface area (Å²) in [6.07, 6.45) is 0.428. The summed E-state index contributed by atoms with van der Waals surface area (Å²) in [6, 6.07) is 4.41. The predicted molar refractivity (Wildman–Crippen MR) is 54.4 cm³/mol. The molecule has 0 radical (unpaired) electrons. The van der Waals surface area contributed by atoms with E-state index < -0.39 is 5.60 Å². The lowest BCUT2D eigenvalue weighted by atomic mass is 9.89. The molecule has 0 aliphatic carbocycles. The quantitative estimate of drug-likeness (QED) is 0.774. The van der Waals surface area contributed by atoms with Crippen LogP contribution < -0.4 is 5.73 Å². The highest BCUT2D eigenvalue weighted by Gasteiger charge is 2.24. The lowest BCUT2D eigenvalue weighted by Gasteiger charge is -2.25. The maximum absolute atomic E-state index is 13.0. The number of halogens is 1. The van der Waals surface area contributed by atoms with Crippen LogP contribution in [0.15, 0.2) is 18.2 Å². The molecule has 1 rings (SSSR count). The van der Waals surface area contributed by atoms with Crippen molar-refractivity contribution in [1.82, 2.24) is 0 Å². The summed E-state index contributed by atoms with van der Waals surface area (Å²) < 4.78 is 13.0. The molecule has 0 fully saturated rings. The van der Waals surface area contributed by atoms with Crippen molar-refractivity contribution in [3.63, 3.8) is 0 Å². The average molecular weight is 197 g/mol. The topological polar surface area (TPSA) is 46.2 Å². The molecule has 0 aromatic heterocycles. The molecule has 0 heterocycles. The third-order valence-electron chi connectivity index (χ3n) is 2.41. The van der Waals surface area contributed by atoms with E-state index in [0.717, 1.165) is 5.56 Å². The number of aryl methyl sites for hydroxylation is 1. The standard InChI is InChI=1S/C11H16FNO/c1-8-3-4-9(12)7-10(8)11(2,14)5-6-13/h3-4,7,14H,5-6,13H2,1-2H3. The fourth-order valence-electron chi connectivity index (χ4n) is 1.59. The molecule has 1 atom stereocenters. The molecule has 0 aliphatic rings. The second-order valence-corrected chi connectivity index (χ2v) is 3.77. The molecule has 1 unspecified atom stereocenters. The van der Waals surface area contributed by atoms with E-state index in [1.54, 1.807) is 13.0 Å². The molecular weight excluding hydrogens is 181 g/mol. The first kappa shape index (κ1) is 11.1. The lowest BCUT2D eigenvalue weighted by molar-refractivity contribution is 0.0494. The molecule has 0 spiro atoms. The number of nitrogens with two attached hydrogens (primary N) is 1. The smallest absolute Gasteiger partial charge is 0.123 e. The Hall–Kier alpha value is -0.930. The molecule has 0 saturated heterocycles. The zero-order valence-corrected chi connectivity index (χ0v) is 8.55. The highest BCUT2D eigenvalue weighted by molar-refractivity contribution is 5.31. The molecule has 1 aromatic carbocycles. The van der Waals surface area contributed by atoms with Crippen molar-refractivity contribution in [3.05, 3.63) is 35.1 Å². The zero-order valence-electron chi connectivity index (χ0n) is 8.55. The number of rotatable bonds is 3. The Kier molecular flexibility index (Phi) is 3.24. The van der Waals surface area contributed by atoms with E-state index in [-0.39, 0.29) is 5.82 Å². The first-order chi connectivity index (χ1) is 6.47. The molecule has 0 aliphatic heterocycles. The Morgan fingerprint density at radius 3 is 2.71 bits per heavy atom. The number of hydrogen-bond donors (Lipinski definition) is 2. The fourth-order valence-corrected chi connectivity index (χ4v) is 1.59. The maximum atomic E-state index is 13.0. The molecule has 3 heteroatoms. The van der Waals surface area contributed by atoms with E-state index in [1.165, 1.54) is 12.1 Å². The van der Waals surface area contributed by atoms with Gasteiger partial charge in [0.1, 0.15) is 5.82 Å². The summed E-state index contributed by atoms with van der Waals surface area (Å²) in [7, 11) is 0.